The van der Waals surface area contributed by atoms with E-state index in [-0.39, 0.29) is 28.3 Å². The number of carbonyl (C=O) groups excluding carboxylic acids is 1. The van der Waals surface area contributed by atoms with Crippen molar-refractivity contribution in [2.75, 3.05) is 23.3 Å². The number of nitriles is 1. The summed E-state index contributed by atoms with van der Waals surface area (Å²) >= 11 is 1.04. The van der Waals surface area contributed by atoms with Crippen molar-refractivity contribution >= 4 is 28.7 Å². The third kappa shape index (κ3) is 5.51. The summed E-state index contributed by atoms with van der Waals surface area (Å²) in [7, 11) is 0. The molecule has 0 spiro atoms. The van der Waals surface area contributed by atoms with Crippen LogP contribution in [0.15, 0.2) is 36.5 Å². The molecule has 1 atom stereocenters. The van der Waals surface area contributed by atoms with Crippen molar-refractivity contribution in [1.29, 1.82) is 5.26 Å². The summed E-state index contributed by atoms with van der Waals surface area (Å²) in [5.74, 6) is 0.0755. The lowest BCUT2D eigenvalue weighted by molar-refractivity contribution is -0.162. The molecule has 5 heterocycles. The Bertz CT molecular complexity index is 1610. The Morgan fingerprint density at radius 1 is 1.17 bits per heavy atom. The second kappa shape index (κ2) is 10.6. The first-order valence-corrected chi connectivity index (χ1v) is 14.0. The number of aromatic nitrogens is 7. The quantitative estimate of drug-likeness (QED) is 0.323. The van der Waals surface area contributed by atoms with Gasteiger partial charge < -0.3 is 14.8 Å². The molecule has 4 aromatic rings. The van der Waals surface area contributed by atoms with Gasteiger partial charge in [0.05, 0.1) is 35.7 Å². The molecule has 11 nitrogen and oxygen atoms in total. The predicted octanol–water partition coefficient (Wildman–Crippen LogP) is 4.98. The molecule has 1 unspecified atom stereocenters. The topological polar surface area (TPSA) is 130 Å². The van der Waals surface area contributed by atoms with Crippen molar-refractivity contribution in [3.63, 3.8) is 0 Å². The third-order valence-corrected chi connectivity index (χ3v) is 8.23. The number of carbonyl (C=O) groups is 1. The fraction of sp³-hybridized carbons (Fsp3) is 0.423. The highest BCUT2D eigenvalue weighted by Crippen LogP contribution is 2.40. The average molecular weight is 583 g/mol. The third-order valence-electron chi connectivity index (χ3n) is 7.39. The van der Waals surface area contributed by atoms with Crippen molar-refractivity contribution < 1.29 is 18.0 Å². The molecule has 1 saturated heterocycles. The smallest absolute Gasteiger partial charge is 0.368 e. The Kier molecular flexibility index (Phi) is 6.94. The molecule has 6 rings (SSSR count). The van der Waals surface area contributed by atoms with E-state index in [1.807, 2.05) is 10.8 Å². The zero-order valence-electron chi connectivity index (χ0n) is 21.9. The highest BCUT2D eigenvalue weighted by molar-refractivity contribution is 7.13. The lowest BCUT2D eigenvalue weighted by atomic mass is 9.98. The van der Waals surface area contributed by atoms with Crippen molar-refractivity contribution in [3.05, 3.63) is 47.9 Å². The van der Waals surface area contributed by atoms with Gasteiger partial charge in [0, 0.05) is 36.5 Å². The van der Waals surface area contributed by atoms with Crippen LogP contribution in [0.4, 0.5) is 24.7 Å². The number of piperidine rings is 1. The number of amides is 1. The van der Waals surface area contributed by atoms with E-state index >= 15 is 0 Å². The fourth-order valence-electron chi connectivity index (χ4n) is 4.77. The number of pyridine rings is 1. The number of hydrogen-bond donors (Lipinski definition) is 1. The lowest BCUT2D eigenvalue weighted by Crippen LogP contribution is -2.34. The molecule has 0 bridgehead atoms. The molecule has 0 aromatic carbocycles. The summed E-state index contributed by atoms with van der Waals surface area (Å²) in [6.07, 6.45) is 5.60. The molecule has 2 fully saturated rings. The molecular formula is C26H25F3N10OS. The van der Waals surface area contributed by atoms with Crippen LogP contribution in [0.25, 0.3) is 16.5 Å². The summed E-state index contributed by atoms with van der Waals surface area (Å²) in [6.45, 7) is 2.40. The first-order valence-electron chi connectivity index (χ1n) is 13.1. The van der Waals surface area contributed by atoms with Gasteiger partial charge in [0.15, 0.2) is 10.8 Å². The summed E-state index contributed by atoms with van der Waals surface area (Å²) < 4.78 is 42.6. The number of anilines is 2. The maximum Gasteiger partial charge on any atom is 0.408 e. The maximum absolute atomic E-state index is 13.3. The van der Waals surface area contributed by atoms with Crippen LogP contribution in [0, 0.1) is 17.2 Å². The van der Waals surface area contributed by atoms with Crippen LogP contribution in [0.5, 0.6) is 0 Å². The van der Waals surface area contributed by atoms with Crippen LogP contribution in [0.3, 0.4) is 0 Å². The molecule has 1 aliphatic heterocycles. The van der Waals surface area contributed by atoms with Gasteiger partial charge in [-0.05, 0) is 38.7 Å². The minimum Gasteiger partial charge on any atom is -0.368 e. The van der Waals surface area contributed by atoms with Crippen molar-refractivity contribution in [3.8, 4) is 22.6 Å². The summed E-state index contributed by atoms with van der Waals surface area (Å²) in [6, 6.07) is 2.19. The highest BCUT2D eigenvalue weighted by Gasteiger charge is 2.39. The van der Waals surface area contributed by atoms with Gasteiger partial charge in [-0.25, -0.2) is 15.0 Å². The van der Waals surface area contributed by atoms with Crippen LogP contribution in [-0.4, -0.2) is 59.5 Å². The van der Waals surface area contributed by atoms with E-state index in [0.29, 0.717) is 19.0 Å². The number of hydrogen-bond acceptors (Lipinski definition) is 9. The first kappa shape index (κ1) is 26.9. The standard InChI is InChI=1S/C26H25F3N10OS/c1-15(26(27,28)29)39-14-33-36-23(39)25-35-22(12-41-25)34-24(40)18-8-20(38-11-19(32-13-38)17-2-3-17)21(10-31-18)37-6-4-16(9-30)5-7-37/h8,10-17H,2-7H2,1H3,(H,34,40). The number of imidazole rings is 1. The summed E-state index contributed by atoms with van der Waals surface area (Å²) in [5.41, 5.74) is 2.73. The molecular weight excluding hydrogens is 557 g/mol. The van der Waals surface area contributed by atoms with Crippen molar-refractivity contribution in [2.45, 2.75) is 50.7 Å². The SMILES string of the molecule is CC(n1cnnc1-c1nc(NC(=O)c2cc(-n3cnc(C4CC4)c3)c(N3CCC(C#N)CC3)cn2)cs1)C(F)(F)F. The van der Waals surface area contributed by atoms with E-state index in [1.54, 1.807) is 18.6 Å². The number of nitrogens with one attached hydrogen (secondary N) is 1. The van der Waals surface area contributed by atoms with Crippen LogP contribution in [0.1, 0.15) is 60.7 Å². The second-order valence-corrected chi connectivity index (χ2v) is 11.1. The van der Waals surface area contributed by atoms with Gasteiger partial charge in [0.1, 0.15) is 23.9 Å². The zero-order valence-corrected chi connectivity index (χ0v) is 22.7. The molecule has 15 heteroatoms. The summed E-state index contributed by atoms with van der Waals surface area (Å²) in [5, 5.41) is 21.1. The van der Waals surface area contributed by atoms with Gasteiger partial charge in [-0.3, -0.25) is 9.36 Å². The molecule has 1 amide bonds. The number of thiazole rings is 1. The minimum absolute atomic E-state index is 0.0240. The predicted molar refractivity (Wildman–Crippen MR) is 144 cm³/mol. The van der Waals surface area contributed by atoms with Gasteiger partial charge >= 0.3 is 6.18 Å². The van der Waals surface area contributed by atoms with Gasteiger partial charge in [-0.1, -0.05) is 0 Å². The molecule has 1 N–H and O–H groups in total. The fourth-order valence-corrected chi connectivity index (χ4v) is 5.51. The Morgan fingerprint density at radius 3 is 2.66 bits per heavy atom. The van der Waals surface area contributed by atoms with E-state index in [9.17, 15) is 23.2 Å². The van der Waals surface area contributed by atoms with E-state index in [4.69, 9.17) is 0 Å². The summed E-state index contributed by atoms with van der Waals surface area (Å²) in [4.78, 5) is 28.7. The zero-order chi connectivity index (χ0) is 28.7. The maximum atomic E-state index is 13.3. The van der Waals surface area contributed by atoms with Crippen molar-refractivity contribution in [1.82, 2.24) is 34.3 Å². The molecule has 1 saturated carbocycles. The number of nitrogens with zero attached hydrogens (tertiary/aromatic N) is 9. The van der Waals surface area contributed by atoms with E-state index in [2.05, 4.69) is 41.4 Å². The molecule has 0 radical (unpaired) electrons. The highest BCUT2D eigenvalue weighted by atomic mass is 32.1. The molecule has 2 aliphatic rings. The van der Waals surface area contributed by atoms with E-state index in [0.717, 1.165) is 71.9 Å². The van der Waals surface area contributed by atoms with Gasteiger partial charge in [-0.2, -0.15) is 18.4 Å². The second-order valence-electron chi connectivity index (χ2n) is 10.2. The molecule has 4 aromatic heterocycles. The first-order chi connectivity index (χ1) is 19.7. The van der Waals surface area contributed by atoms with Crippen molar-refractivity contribution in [2.24, 2.45) is 5.92 Å². The van der Waals surface area contributed by atoms with Gasteiger partial charge in [0.2, 0.25) is 0 Å². The van der Waals surface area contributed by atoms with Gasteiger partial charge in [-0.15, -0.1) is 21.5 Å². The normalized spacial score (nSPS) is 16.9. The van der Waals surface area contributed by atoms with E-state index in [1.165, 1.54) is 5.38 Å². The Balaban J connectivity index is 1.25. The molecule has 1 aliphatic carbocycles. The largest absolute Gasteiger partial charge is 0.408 e. The van der Waals surface area contributed by atoms with E-state index < -0.39 is 18.1 Å². The van der Waals surface area contributed by atoms with Gasteiger partial charge in [0.25, 0.3) is 5.91 Å². The van der Waals surface area contributed by atoms with Crippen LogP contribution in [0.2, 0.25) is 0 Å². The Hall–Kier alpha value is -4.32. The number of rotatable bonds is 7. The van der Waals surface area contributed by atoms with Crippen LogP contribution < -0.4 is 10.2 Å². The average Bonchev–Trinajstić information content (AvgIpc) is 3.32. The Labute approximate surface area is 236 Å². The van der Waals surface area contributed by atoms with Crippen LogP contribution >= 0.6 is 11.3 Å². The lowest BCUT2D eigenvalue weighted by Gasteiger charge is -2.32. The minimum atomic E-state index is -4.48. The number of alkyl halides is 3. The monoisotopic (exact) mass is 582 g/mol. The van der Waals surface area contributed by atoms with Crippen LogP contribution in [-0.2, 0) is 0 Å². The molecule has 212 valence electrons. The Morgan fingerprint density at radius 2 is 1.95 bits per heavy atom. The number of halogens is 3. The molecule has 41 heavy (non-hydrogen) atoms.